The first kappa shape index (κ1) is 46.0. The van der Waals surface area contributed by atoms with Gasteiger partial charge in [0, 0.05) is 50.0 Å². The summed E-state index contributed by atoms with van der Waals surface area (Å²) >= 11 is 0. The number of rotatable bonds is 19. The Morgan fingerprint density at radius 2 is 1.12 bits per heavy atom. The smallest absolute Gasteiger partial charge is 0.308 e. The highest BCUT2D eigenvalue weighted by atomic mass is 16.5. The summed E-state index contributed by atoms with van der Waals surface area (Å²) in [5, 5.41) is 9.83. The highest BCUT2D eigenvalue weighted by molar-refractivity contribution is 5.71. The van der Waals surface area contributed by atoms with Crippen LogP contribution in [0.15, 0.2) is 148 Å². The number of carbonyl (C=O) groups is 2. The zero-order valence-corrected chi connectivity index (χ0v) is 37.4. The number of hydrogen-bond donors (Lipinski definition) is 1. The Kier molecular flexibility index (Phi) is 16.4. The number of carboxylic acids is 1. The van der Waals surface area contributed by atoms with Crippen molar-refractivity contribution in [3.63, 3.8) is 0 Å². The van der Waals surface area contributed by atoms with Crippen molar-refractivity contribution in [1.82, 2.24) is 14.9 Å². The van der Waals surface area contributed by atoms with E-state index in [1.54, 1.807) is 0 Å². The molecule has 11 nitrogen and oxygen atoms in total. The average Bonchev–Trinajstić information content (AvgIpc) is 4.04. The zero-order valence-electron chi connectivity index (χ0n) is 37.4. The maximum atomic E-state index is 12.0. The Bertz CT molecular complexity index is 2570. The first-order chi connectivity index (χ1) is 31.7. The number of aromatic nitrogens is 2. The van der Waals surface area contributed by atoms with Gasteiger partial charge >= 0.3 is 11.9 Å². The molecule has 0 amide bonds. The van der Waals surface area contributed by atoms with Crippen LogP contribution in [-0.2, 0) is 46.6 Å². The third kappa shape index (κ3) is 13.5. The number of likely N-dealkylation sites (tertiary alicyclic amines) is 1. The van der Waals surface area contributed by atoms with E-state index in [1.165, 1.54) is 12.7 Å². The number of oxazole rings is 2. The molecule has 0 spiro atoms. The quantitative estimate of drug-likeness (QED) is 0.0777. The summed E-state index contributed by atoms with van der Waals surface area (Å²) in [7, 11) is 1.40. The van der Waals surface area contributed by atoms with Gasteiger partial charge in [-0.15, -0.1) is 0 Å². The van der Waals surface area contributed by atoms with Gasteiger partial charge in [0.1, 0.15) is 23.0 Å². The topological polar surface area (TPSA) is 137 Å². The lowest BCUT2D eigenvalue weighted by Gasteiger charge is -2.16. The van der Waals surface area contributed by atoms with Crippen LogP contribution in [0.3, 0.4) is 0 Å². The van der Waals surface area contributed by atoms with E-state index >= 15 is 0 Å². The lowest BCUT2D eigenvalue weighted by molar-refractivity contribution is -0.143. The van der Waals surface area contributed by atoms with Crippen molar-refractivity contribution in [2.24, 2.45) is 11.8 Å². The SMILES string of the molecule is COC(=O)CCc1cccc(OCCc2nc(-c3ccccc3)oc2C)c1.Cc1oc(-c2ccccc2)nc1CCOc1cccc(CC[C@@H]2CN(Cc3ccccc3)C[C@@H]2C(=O)O)c1. The second-order valence-electron chi connectivity index (χ2n) is 16.3. The van der Waals surface area contributed by atoms with Gasteiger partial charge in [-0.2, -0.15) is 0 Å². The van der Waals surface area contributed by atoms with Crippen LogP contribution in [0, 0.1) is 25.7 Å². The summed E-state index contributed by atoms with van der Waals surface area (Å²) in [5.74, 6) is 3.39. The Hall–Kier alpha value is -6.98. The molecule has 1 aliphatic heterocycles. The van der Waals surface area contributed by atoms with Gasteiger partial charge in [-0.3, -0.25) is 14.5 Å². The normalized spacial score (nSPS) is 14.6. The van der Waals surface area contributed by atoms with Crippen molar-refractivity contribution in [3.8, 4) is 34.4 Å². The van der Waals surface area contributed by atoms with E-state index in [4.69, 9.17) is 18.3 Å². The monoisotopic (exact) mass is 875 g/mol. The maximum Gasteiger partial charge on any atom is 0.308 e. The van der Waals surface area contributed by atoms with Gasteiger partial charge < -0.3 is 28.2 Å². The molecule has 2 aromatic heterocycles. The van der Waals surface area contributed by atoms with E-state index in [1.807, 2.05) is 129 Å². The lowest BCUT2D eigenvalue weighted by Crippen LogP contribution is -2.23. The molecule has 336 valence electrons. The number of aliphatic carboxylic acids is 1. The molecule has 2 atom stereocenters. The number of carbonyl (C=O) groups excluding carboxylic acids is 1. The third-order valence-corrected chi connectivity index (χ3v) is 11.6. The van der Waals surface area contributed by atoms with Gasteiger partial charge in [-0.1, -0.05) is 91.0 Å². The van der Waals surface area contributed by atoms with Crippen molar-refractivity contribution in [1.29, 1.82) is 0 Å². The number of aryl methyl sites for hydroxylation is 4. The number of ether oxygens (including phenoxy) is 3. The number of esters is 1. The van der Waals surface area contributed by atoms with Crippen LogP contribution in [0.5, 0.6) is 11.5 Å². The van der Waals surface area contributed by atoms with E-state index in [0.717, 1.165) is 82.6 Å². The molecule has 7 aromatic rings. The van der Waals surface area contributed by atoms with E-state index < -0.39 is 5.97 Å². The molecule has 1 aliphatic rings. The molecule has 8 rings (SSSR count). The lowest BCUT2D eigenvalue weighted by atomic mass is 9.90. The molecule has 0 bridgehead atoms. The molecule has 11 heteroatoms. The van der Waals surface area contributed by atoms with Gasteiger partial charge in [-0.25, -0.2) is 9.97 Å². The molecule has 0 radical (unpaired) electrons. The fourth-order valence-corrected chi connectivity index (χ4v) is 8.05. The number of benzene rings is 5. The molecule has 3 heterocycles. The molecule has 0 aliphatic carbocycles. The average molecular weight is 876 g/mol. The summed E-state index contributed by atoms with van der Waals surface area (Å²) in [6.45, 7) is 7.06. The van der Waals surface area contributed by atoms with Crippen LogP contribution in [0.1, 0.15) is 52.4 Å². The molecule has 0 unspecified atom stereocenters. The molecular formula is C54H57N3O8. The van der Waals surface area contributed by atoms with Crippen molar-refractivity contribution < 1.29 is 37.7 Å². The third-order valence-electron chi connectivity index (χ3n) is 11.6. The van der Waals surface area contributed by atoms with Crippen LogP contribution >= 0.6 is 0 Å². The Balaban J connectivity index is 0.000000206. The minimum atomic E-state index is -0.693. The van der Waals surface area contributed by atoms with Gasteiger partial charge in [0.15, 0.2) is 0 Å². The summed E-state index contributed by atoms with van der Waals surface area (Å²) in [5.41, 5.74) is 7.16. The Labute approximate surface area is 381 Å². The standard InChI is InChI=1S/C32H34N2O4.C22H23NO4/c1-23-30(33-31(38-23)26-12-6-3-7-13-26)17-18-37-28-14-8-11-24(19-28)15-16-27-21-34(22-29(27)32(35)36)20-25-9-4-2-5-10-25;1-16-20(23-22(27-16)18-8-4-3-5-9-18)13-14-26-19-10-6-7-17(15-19)11-12-21(24)25-2/h2-14,19,27,29H,15-18,20-22H2,1H3,(H,35,36);3-10,15H,11-14H2,1-2H3/t27-,29+;/m1./s1. The predicted octanol–water partition coefficient (Wildman–Crippen LogP) is 10.4. The minimum Gasteiger partial charge on any atom is -0.493 e. The van der Waals surface area contributed by atoms with Crippen LogP contribution in [0.25, 0.3) is 22.9 Å². The predicted molar refractivity (Wildman–Crippen MR) is 250 cm³/mol. The molecule has 65 heavy (non-hydrogen) atoms. The number of hydrogen-bond acceptors (Lipinski definition) is 10. The zero-order chi connectivity index (χ0) is 45.4. The summed E-state index contributed by atoms with van der Waals surface area (Å²) in [6.07, 6.45) is 3.98. The van der Waals surface area contributed by atoms with Gasteiger partial charge in [0.05, 0.1) is 37.6 Å². The highest BCUT2D eigenvalue weighted by Gasteiger charge is 2.37. The van der Waals surface area contributed by atoms with Gasteiger partial charge in [-0.05, 0) is 104 Å². The van der Waals surface area contributed by atoms with Gasteiger partial charge in [0.2, 0.25) is 11.8 Å². The van der Waals surface area contributed by atoms with Crippen molar-refractivity contribution in [2.75, 3.05) is 33.4 Å². The van der Waals surface area contributed by atoms with Crippen LogP contribution < -0.4 is 9.47 Å². The molecule has 0 saturated carbocycles. The van der Waals surface area contributed by atoms with E-state index in [-0.39, 0.29) is 17.8 Å². The maximum absolute atomic E-state index is 12.0. The van der Waals surface area contributed by atoms with Crippen molar-refractivity contribution >= 4 is 11.9 Å². The summed E-state index contributed by atoms with van der Waals surface area (Å²) in [6, 6.07) is 45.9. The Morgan fingerprint density at radius 1 is 0.631 bits per heavy atom. The summed E-state index contributed by atoms with van der Waals surface area (Å²) in [4.78, 5) is 34.7. The first-order valence-electron chi connectivity index (χ1n) is 22.2. The number of methoxy groups -OCH3 is 1. The van der Waals surface area contributed by atoms with Crippen LogP contribution in [0.4, 0.5) is 0 Å². The van der Waals surface area contributed by atoms with E-state index in [9.17, 15) is 14.7 Å². The molecule has 1 N–H and O–H groups in total. The molecule has 1 fully saturated rings. The number of nitrogens with zero attached hydrogens (tertiary/aromatic N) is 3. The fourth-order valence-electron chi connectivity index (χ4n) is 8.05. The highest BCUT2D eigenvalue weighted by Crippen LogP contribution is 2.30. The van der Waals surface area contributed by atoms with Crippen LogP contribution in [-0.4, -0.2) is 65.3 Å². The molecule has 5 aromatic carbocycles. The fraction of sp³-hybridized carbons (Fsp3) is 0.296. The molecule has 1 saturated heterocycles. The number of carboxylic acid groups (broad SMARTS) is 1. The minimum absolute atomic E-state index is 0.134. The van der Waals surface area contributed by atoms with Gasteiger partial charge in [0.25, 0.3) is 0 Å². The van der Waals surface area contributed by atoms with Crippen molar-refractivity contribution in [2.45, 2.75) is 58.9 Å². The second kappa shape index (κ2) is 23.1. The van der Waals surface area contributed by atoms with Crippen LogP contribution in [0.2, 0.25) is 0 Å². The van der Waals surface area contributed by atoms with E-state index in [0.29, 0.717) is 57.2 Å². The van der Waals surface area contributed by atoms with E-state index in [2.05, 4.69) is 43.9 Å². The molecular weight excluding hydrogens is 819 g/mol. The first-order valence-corrected chi connectivity index (χ1v) is 22.2. The second-order valence-corrected chi connectivity index (χ2v) is 16.3. The van der Waals surface area contributed by atoms with Crippen molar-refractivity contribution in [3.05, 3.63) is 179 Å². The largest absolute Gasteiger partial charge is 0.493 e. The summed E-state index contributed by atoms with van der Waals surface area (Å²) < 4.78 is 28.2. The Morgan fingerprint density at radius 3 is 1.63 bits per heavy atom.